The van der Waals surface area contributed by atoms with Gasteiger partial charge in [0.15, 0.2) is 0 Å². The highest BCUT2D eigenvalue weighted by Crippen LogP contribution is 2.20. The summed E-state index contributed by atoms with van der Waals surface area (Å²) in [6, 6.07) is 17.6. The maximum Gasteiger partial charge on any atom is 0.251 e. The quantitative estimate of drug-likeness (QED) is 0.816. The van der Waals surface area contributed by atoms with Crippen molar-refractivity contribution in [3.8, 4) is 0 Å². The monoisotopic (exact) mass is 265 g/mol. The predicted octanol–water partition coefficient (Wildman–Crippen LogP) is 3.91. The Morgan fingerprint density at radius 1 is 1.15 bits per heavy atom. The van der Waals surface area contributed by atoms with E-state index in [9.17, 15) is 4.79 Å². The van der Waals surface area contributed by atoms with Gasteiger partial charge in [-0.05, 0) is 23.1 Å². The molecule has 0 aromatic heterocycles. The molecule has 1 amide bonds. The zero-order valence-corrected chi connectivity index (χ0v) is 11.7. The average molecular weight is 265 g/mol. The van der Waals surface area contributed by atoms with E-state index in [0.717, 1.165) is 16.7 Å². The maximum atomic E-state index is 12.3. The molecule has 1 N–H and O–H groups in total. The zero-order valence-electron chi connectivity index (χ0n) is 11.7. The van der Waals surface area contributed by atoms with Crippen molar-refractivity contribution in [2.75, 3.05) is 0 Å². The van der Waals surface area contributed by atoms with Gasteiger partial charge in [0, 0.05) is 12.1 Å². The van der Waals surface area contributed by atoms with Gasteiger partial charge in [-0.2, -0.15) is 0 Å². The number of hydrogen-bond donors (Lipinski definition) is 1. The van der Waals surface area contributed by atoms with E-state index in [4.69, 9.17) is 0 Å². The van der Waals surface area contributed by atoms with Crippen LogP contribution < -0.4 is 5.32 Å². The molecule has 0 spiro atoms. The molecule has 0 bridgehead atoms. The fourth-order valence-electron chi connectivity index (χ4n) is 2.10. The topological polar surface area (TPSA) is 29.1 Å². The van der Waals surface area contributed by atoms with E-state index in [1.807, 2.05) is 67.6 Å². The lowest BCUT2D eigenvalue weighted by molar-refractivity contribution is 0.0950. The van der Waals surface area contributed by atoms with E-state index in [-0.39, 0.29) is 11.8 Å². The molecule has 0 aliphatic rings. The van der Waals surface area contributed by atoms with E-state index in [1.165, 1.54) is 0 Å². The molecule has 0 heterocycles. The SMILES string of the molecule is C=CC(C)c1ccccc1C(=O)NCc1ccccc1. The molecule has 2 rings (SSSR count). The summed E-state index contributed by atoms with van der Waals surface area (Å²) in [5.41, 5.74) is 2.82. The van der Waals surface area contributed by atoms with E-state index in [0.29, 0.717) is 6.54 Å². The Balaban J connectivity index is 2.11. The van der Waals surface area contributed by atoms with Crippen LogP contribution in [0.15, 0.2) is 67.3 Å². The van der Waals surface area contributed by atoms with Crippen molar-refractivity contribution in [1.82, 2.24) is 5.32 Å². The number of benzene rings is 2. The Morgan fingerprint density at radius 2 is 1.80 bits per heavy atom. The molecule has 2 aromatic rings. The molecule has 0 radical (unpaired) electrons. The molecule has 20 heavy (non-hydrogen) atoms. The van der Waals surface area contributed by atoms with Crippen molar-refractivity contribution in [3.05, 3.63) is 83.9 Å². The third-order valence-electron chi connectivity index (χ3n) is 3.35. The fourth-order valence-corrected chi connectivity index (χ4v) is 2.10. The van der Waals surface area contributed by atoms with Gasteiger partial charge in [0.25, 0.3) is 5.91 Å². The number of carbonyl (C=O) groups excluding carboxylic acids is 1. The van der Waals surface area contributed by atoms with Crippen molar-refractivity contribution in [2.45, 2.75) is 19.4 Å². The first-order valence-electron chi connectivity index (χ1n) is 6.76. The first-order chi connectivity index (χ1) is 9.72. The zero-order chi connectivity index (χ0) is 14.4. The van der Waals surface area contributed by atoms with Crippen LogP contribution in [-0.2, 0) is 6.54 Å². The van der Waals surface area contributed by atoms with Gasteiger partial charge in [-0.15, -0.1) is 6.58 Å². The van der Waals surface area contributed by atoms with Gasteiger partial charge >= 0.3 is 0 Å². The number of carbonyl (C=O) groups is 1. The highest BCUT2D eigenvalue weighted by molar-refractivity contribution is 5.95. The molecule has 0 saturated carbocycles. The average Bonchev–Trinajstić information content (AvgIpc) is 2.52. The molecule has 2 aromatic carbocycles. The lowest BCUT2D eigenvalue weighted by atomic mass is 9.95. The number of amides is 1. The van der Waals surface area contributed by atoms with E-state index in [2.05, 4.69) is 11.9 Å². The maximum absolute atomic E-state index is 12.3. The van der Waals surface area contributed by atoms with Gasteiger partial charge < -0.3 is 5.32 Å². The molecule has 2 nitrogen and oxygen atoms in total. The van der Waals surface area contributed by atoms with Crippen molar-refractivity contribution in [3.63, 3.8) is 0 Å². The van der Waals surface area contributed by atoms with Crippen LogP contribution in [0.25, 0.3) is 0 Å². The van der Waals surface area contributed by atoms with Gasteiger partial charge in [-0.25, -0.2) is 0 Å². The summed E-state index contributed by atoms with van der Waals surface area (Å²) in [5.74, 6) is 0.117. The minimum atomic E-state index is -0.0434. The van der Waals surface area contributed by atoms with Gasteiger partial charge in [0.05, 0.1) is 0 Å². The smallest absolute Gasteiger partial charge is 0.251 e. The molecule has 0 aliphatic carbocycles. The summed E-state index contributed by atoms with van der Waals surface area (Å²) in [6.45, 7) is 6.38. The first kappa shape index (κ1) is 14.1. The molecular formula is C18H19NO. The second kappa shape index (κ2) is 6.71. The molecule has 1 atom stereocenters. The standard InChI is InChI=1S/C18H19NO/c1-3-14(2)16-11-7-8-12-17(16)18(20)19-13-15-9-5-4-6-10-15/h3-12,14H,1,13H2,2H3,(H,19,20). The normalized spacial score (nSPS) is 11.7. The van der Waals surface area contributed by atoms with Gasteiger partial charge in [0.2, 0.25) is 0 Å². The van der Waals surface area contributed by atoms with Crippen LogP contribution in [0, 0.1) is 0 Å². The summed E-state index contributed by atoms with van der Waals surface area (Å²) < 4.78 is 0. The lowest BCUT2D eigenvalue weighted by Crippen LogP contribution is -2.24. The fraction of sp³-hybridized carbons (Fsp3) is 0.167. The Morgan fingerprint density at radius 3 is 2.50 bits per heavy atom. The number of rotatable bonds is 5. The number of nitrogens with one attached hydrogen (secondary N) is 1. The predicted molar refractivity (Wildman–Crippen MR) is 82.7 cm³/mol. The summed E-state index contributed by atoms with van der Waals surface area (Å²) >= 11 is 0. The summed E-state index contributed by atoms with van der Waals surface area (Å²) in [6.07, 6.45) is 1.85. The van der Waals surface area contributed by atoms with Crippen molar-refractivity contribution in [1.29, 1.82) is 0 Å². The molecule has 2 heteroatoms. The van der Waals surface area contributed by atoms with Crippen molar-refractivity contribution >= 4 is 5.91 Å². The van der Waals surface area contributed by atoms with E-state index >= 15 is 0 Å². The summed E-state index contributed by atoms with van der Waals surface area (Å²) in [5, 5.41) is 2.96. The van der Waals surface area contributed by atoms with Crippen LogP contribution in [0.5, 0.6) is 0 Å². The van der Waals surface area contributed by atoms with Crippen LogP contribution in [0.2, 0.25) is 0 Å². The van der Waals surface area contributed by atoms with Gasteiger partial charge in [-0.3, -0.25) is 4.79 Å². The Hall–Kier alpha value is -2.35. The van der Waals surface area contributed by atoms with Crippen molar-refractivity contribution < 1.29 is 4.79 Å². The van der Waals surface area contributed by atoms with Crippen LogP contribution in [0.3, 0.4) is 0 Å². The third kappa shape index (κ3) is 3.35. The first-order valence-corrected chi connectivity index (χ1v) is 6.76. The molecule has 1 unspecified atom stereocenters. The summed E-state index contributed by atoms with van der Waals surface area (Å²) in [4.78, 5) is 12.3. The minimum Gasteiger partial charge on any atom is -0.348 e. The van der Waals surface area contributed by atoms with Crippen molar-refractivity contribution in [2.24, 2.45) is 0 Å². The lowest BCUT2D eigenvalue weighted by Gasteiger charge is -2.13. The molecule has 0 saturated heterocycles. The Kier molecular flexibility index (Phi) is 4.72. The Labute approximate surface area is 120 Å². The number of allylic oxidation sites excluding steroid dienone is 1. The number of hydrogen-bond acceptors (Lipinski definition) is 1. The molecular weight excluding hydrogens is 246 g/mol. The minimum absolute atomic E-state index is 0.0434. The summed E-state index contributed by atoms with van der Waals surface area (Å²) in [7, 11) is 0. The molecule has 102 valence electrons. The van der Waals surface area contributed by atoms with Gasteiger partial charge in [-0.1, -0.05) is 61.5 Å². The van der Waals surface area contributed by atoms with Crippen LogP contribution in [0.1, 0.15) is 34.3 Å². The Bertz CT molecular complexity index is 589. The molecule has 0 fully saturated rings. The second-order valence-electron chi connectivity index (χ2n) is 4.78. The highest BCUT2D eigenvalue weighted by Gasteiger charge is 2.13. The van der Waals surface area contributed by atoms with E-state index < -0.39 is 0 Å². The third-order valence-corrected chi connectivity index (χ3v) is 3.35. The van der Waals surface area contributed by atoms with Crippen LogP contribution in [0.4, 0.5) is 0 Å². The molecule has 0 aliphatic heterocycles. The van der Waals surface area contributed by atoms with Crippen LogP contribution in [-0.4, -0.2) is 5.91 Å². The van der Waals surface area contributed by atoms with Crippen LogP contribution >= 0.6 is 0 Å². The second-order valence-corrected chi connectivity index (χ2v) is 4.78. The van der Waals surface area contributed by atoms with E-state index in [1.54, 1.807) is 0 Å². The highest BCUT2D eigenvalue weighted by atomic mass is 16.1. The van der Waals surface area contributed by atoms with Gasteiger partial charge in [0.1, 0.15) is 0 Å². The largest absolute Gasteiger partial charge is 0.348 e.